The molecule has 1 fully saturated rings. The van der Waals surface area contributed by atoms with Crippen LogP contribution in [0.3, 0.4) is 0 Å². The molecule has 1 unspecified atom stereocenters. The Hall–Kier alpha value is -2.33. The second-order valence-corrected chi connectivity index (χ2v) is 5.54. The van der Waals surface area contributed by atoms with Crippen molar-refractivity contribution in [2.24, 2.45) is 10.7 Å². The van der Waals surface area contributed by atoms with Gasteiger partial charge in [-0.05, 0) is 23.1 Å². The Balaban J connectivity index is 1.64. The highest BCUT2D eigenvalue weighted by atomic mass is 16.3. The van der Waals surface area contributed by atoms with E-state index in [9.17, 15) is 5.11 Å². The van der Waals surface area contributed by atoms with Crippen molar-refractivity contribution in [2.75, 3.05) is 19.6 Å². The summed E-state index contributed by atoms with van der Waals surface area (Å²) in [6.07, 6.45) is 0.546. The number of hydrogen-bond acceptors (Lipinski definition) is 2. The number of benzene rings is 2. The highest BCUT2D eigenvalue weighted by Gasteiger charge is 2.16. The molecule has 0 aliphatic carbocycles. The molecule has 0 aromatic heterocycles. The van der Waals surface area contributed by atoms with Crippen molar-refractivity contribution in [1.29, 1.82) is 0 Å². The van der Waals surface area contributed by atoms with Gasteiger partial charge in [0.05, 0.1) is 12.6 Å². The van der Waals surface area contributed by atoms with Crippen LogP contribution in [0.4, 0.5) is 0 Å². The van der Waals surface area contributed by atoms with Crippen LogP contribution in [0, 0.1) is 0 Å². The molecular formula is C18H21N3O. The molecule has 4 nitrogen and oxygen atoms in total. The standard InChI is InChI=1S/C18H21N3O/c19-18(21-11-4-12-21)20-13-17(22)16-9-7-15(8-10-16)14-5-2-1-3-6-14/h1-3,5-10,17,22H,4,11-13H2,(H2,19,20). The average Bonchev–Trinajstić information content (AvgIpc) is 2.52. The fourth-order valence-electron chi connectivity index (χ4n) is 2.46. The fraction of sp³-hybridized carbons (Fsp3) is 0.278. The van der Waals surface area contributed by atoms with Crippen molar-refractivity contribution in [3.63, 3.8) is 0 Å². The first-order valence-electron chi connectivity index (χ1n) is 7.62. The van der Waals surface area contributed by atoms with Crippen LogP contribution < -0.4 is 5.73 Å². The van der Waals surface area contributed by atoms with Gasteiger partial charge < -0.3 is 15.7 Å². The minimum Gasteiger partial charge on any atom is -0.386 e. The van der Waals surface area contributed by atoms with Crippen molar-refractivity contribution in [3.05, 3.63) is 60.2 Å². The third-order valence-corrected chi connectivity index (χ3v) is 4.01. The van der Waals surface area contributed by atoms with Crippen molar-refractivity contribution < 1.29 is 5.11 Å². The van der Waals surface area contributed by atoms with Crippen LogP contribution in [0.25, 0.3) is 11.1 Å². The Morgan fingerprint density at radius 2 is 1.68 bits per heavy atom. The third-order valence-electron chi connectivity index (χ3n) is 4.01. The normalized spacial score (nSPS) is 16.2. The Morgan fingerprint density at radius 1 is 1.05 bits per heavy atom. The van der Waals surface area contributed by atoms with E-state index in [0.717, 1.165) is 24.2 Å². The zero-order chi connectivity index (χ0) is 15.4. The summed E-state index contributed by atoms with van der Waals surface area (Å²) >= 11 is 0. The molecule has 0 spiro atoms. The molecule has 0 bridgehead atoms. The number of aliphatic hydroxyl groups is 1. The number of aliphatic hydroxyl groups excluding tert-OH is 1. The van der Waals surface area contributed by atoms with Crippen molar-refractivity contribution >= 4 is 5.96 Å². The van der Waals surface area contributed by atoms with Crippen LogP contribution >= 0.6 is 0 Å². The highest BCUT2D eigenvalue weighted by molar-refractivity contribution is 5.78. The van der Waals surface area contributed by atoms with Gasteiger partial charge in [0.25, 0.3) is 0 Å². The Bertz CT molecular complexity index is 633. The lowest BCUT2D eigenvalue weighted by Crippen LogP contribution is -2.46. The molecule has 0 saturated carbocycles. The van der Waals surface area contributed by atoms with Gasteiger partial charge in [-0.15, -0.1) is 0 Å². The van der Waals surface area contributed by atoms with Gasteiger partial charge in [-0.1, -0.05) is 54.6 Å². The maximum absolute atomic E-state index is 10.2. The topological polar surface area (TPSA) is 61.9 Å². The molecule has 2 aromatic rings. The van der Waals surface area contributed by atoms with Crippen LogP contribution in [0.5, 0.6) is 0 Å². The van der Waals surface area contributed by atoms with E-state index in [0.29, 0.717) is 12.5 Å². The predicted molar refractivity (Wildman–Crippen MR) is 89.5 cm³/mol. The number of aliphatic imine (C=N–C) groups is 1. The zero-order valence-electron chi connectivity index (χ0n) is 12.5. The monoisotopic (exact) mass is 295 g/mol. The van der Waals surface area contributed by atoms with E-state index in [1.807, 2.05) is 47.4 Å². The van der Waals surface area contributed by atoms with Gasteiger partial charge in [0.2, 0.25) is 0 Å². The van der Waals surface area contributed by atoms with E-state index in [-0.39, 0.29) is 0 Å². The lowest BCUT2D eigenvalue weighted by Gasteiger charge is -2.31. The molecule has 1 saturated heterocycles. The van der Waals surface area contributed by atoms with E-state index >= 15 is 0 Å². The van der Waals surface area contributed by atoms with E-state index < -0.39 is 6.10 Å². The van der Waals surface area contributed by atoms with E-state index in [2.05, 4.69) is 17.1 Å². The Morgan fingerprint density at radius 3 is 2.27 bits per heavy atom. The molecule has 0 radical (unpaired) electrons. The van der Waals surface area contributed by atoms with E-state index in [4.69, 9.17) is 5.73 Å². The molecule has 3 rings (SSSR count). The second kappa shape index (κ2) is 6.62. The predicted octanol–water partition coefficient (Wildman–Crippen LogP) is 2.41. The van der Waals surface area contributed by atoms with Crippen LogP contribution in [0.15, 0.2) is 59.6 Å². The number of rotatable bonds is 4. The molecule has 2 aromatic carbocycles. The summed E-state index contributed by atoms with van der Waals surface area (Å²) in [5.74, 6) is 0.534. The molecule has 1 atom stereocenters. The van der Waals surface area contributed by atoms with Crippen LogP contribution in [0.2, 0.25) is 0 Å². The van der Waals surface area contributed by atoms with Gasteiger partial charge in [0, 0.05) is 13.1 Å². The molecule has 114 valence electrons. The minimum absolute atomic E-state index is 0.299. The van der Waals surface area contributed by atoms with Gasteiger partial charge in [-0.25, -0.2) is 0 Å². The first kappa shape index (κ1) is 14.6. The fourth-order valence-corrected chi connectivity index (χ4v) is 2.46. The van der Waals surface area contributed by atoms with Gasteiger partial charge >= 0.3 is 0 Å². The molecular weight excluding hydrogens is 274 g/mol. The largest absolute Gasteiger partial charge is 0.386 e. The van der Waals surface area contributed by atoms with Crippen molar-refractivity contribution in [3.8, 4) is 11.1 Å². The first-order chi connectivity index (χ1) is 10.7. The van der Waals surface area contributed by atoms with Crippen molar-refractivity contribution in [1.82, 2.24) is 4.90 Å². The summed E-state index contributed by atoms with van der Waals surface area (Å²) in [4.78, 5) is 6.29. The summed E-state index contributed by atoms with van der Waals surface area (Å²) in [6.45, 7) is 2.24. The quantitative estimate of drug-likeness (QED) is 0.672. The van der Waals surface area contributed by atoms with Gasteiger partial charge in [-0.3, -0.25) is 4.99 Å². The second-order valence-electron chi connectivity index (χ2n) is 5.54. The first-order valence-corrected chi connectivity index (χ1v) is 7.62. The number of likely N-dealkylation sites (tertiary alicyclic amines) is 1. The van der Waals surface area contributed by atoms with Crippen LogP contribution in [-0.4, -0.2) is 35.6 Å². The number of nitrogens with zero attached hydrogens (tertiary/aromatic N) is 2. The average molecular weight is 295 g/mol. The molecule has 1 aliphatic rings. The Kier molecular flexibility index (Phi) is 4.39. The molecule has 1 aliphatic heterocycles. The molecule has 0 amide bonds. The lowest BCUT2D eigenvalue weighted by atomic mass is 10.0. The third kappa shape index (κ3) is 3.28. The van der Waals surface area contributed by atoms with Gasteiger partial charge in [-0.2, -0.15) is 0 Å². The zero-order valence-corrected chi connectivity index (χ0v) is 12.5. The summed E-state index contributed by atoms with van der Waals surface area (Å²) in [6, 6.07) is 18.1. The summed E-state index contributed by atoms with van der Waals surface area (Å²) < 4.78 is 0. The van der Waals surface area contributed by atoms with Crippen LogP contribution in [-0.2, 0) is 0 Å². The molecule has 3 N–H and O–H groups in total. The van der Waals surface area contributed by atoms with E-state index in [1.54, 1.807) is 0 Å². The smallest absolute Gasteiger partial charge is 0.191 e. The summed E-state index contributed by atoms with van der Waals surface area (Å²) in [7, 11) is 0. The number of nitrogens with two attached hydrogens (primary N) is 1. The number of guanidine groups is 1. The number of hydrogen-bond donors (Lipinski definition) is 2. The Labute approximate surface area is 130 Å². The van der Waals surface area contributed by atoms with Gasteiger partial charge in [0.1, 0.15) is 0 Å². The maximum Gasteiger partial charge on any atom is 0.191 e. The minimum atomic E-state index is -0.621. The molecule has 4 heteroatoms. The molecule has 22 heavy (non-hydrogen) atoms. The van der Waals surface area contributed by atoms with Gasteiger partial charge in [0.15, 0.2) is 5.96 Å². The van der Waals surface area contributed by atoms with Crippen molar-refractivity contribution in [2.45, 2.75) is 12.5 Å². The van der Waals surface area contributed by atoms with E-state index in [1.165, 1.54) is 12.0 Å². The summed E-state index contributed by atoms with van der Waals surface area (Å²) in [5.41, 5.74) is 9.04. The maximum atomic E-state index is 10.2. The lowest BCUT2D eigenvalue weighted by molar-refractivity contribution is 0.186. The SMILES string of the molecule is NC(=NCC(O)c1ccc(-c2ccccc2)cc1)N1CCC1. The summed E-state index contributed by atoms with van der Waals surface area (Å²) in [5, 5.41) is 10.2. The molecule has 1 heterocycles. The highest BCUT2D eigenvalue weighted by Crippen LogP contribution is 2.22. The van der Waals surface area contributed by atoms with Crippen LogP contribution in [0.1, 0.15) is 18.1 Å².